The number of amides is 2. The molecular weight excluding hydrogens is 489 g/mol. The number of hydrogen-bond donors (Lipinski definition) is 2. The van der Waals surface area contributed by atoms with Gasteiger partial charge < -0.3 is 29.6 Å². The number of aliphatic imine (C=N–C) groups is 1. The zero-order valence-electron chi connectivity index (χ0n) is 17.4. The molecule has 0 bridgehead atoms. The summed E-state index contributed by atoms with van der Waals surface area (Å²) in [5.74, 6) is 0.990. The van der Waals surface area contributed by atoms with Crippen molar-refractivity contribution >= 4 is 41.9 Å². The molecule has 1 aromatic rings. The molecule has 2 N–H and O–H groups in total. The smallest absolute Gasteiger partial charge is 0.409 e. The summed E-state index contributed by atoms with van der Waals surface area (Å²) < 4.78 is 10.2. The molecule has 1 aliphatic heterocycles. The summed E-state index contributed by atoms with van der Waals surface area (Å²) in [6.07, 6.45) is 1.98. The Morgan fingerprint density at radius 3 is 2.45 bits per heavy atom. The van der Waals surface area contributed by atoms with Crippen molar-refractivity contribution in [3.8, 4) is 0 Å². The molecule has 29 heavy (non-hydrogen) atoms. The summed E-state index contributed by atoms with van der Waals surface area (Å²) in [5.41, 5.74) is 0.826. The van der Waals surface area contributed by atoms with E-state index in [1.165, 1.54) is 6.26 Å². The number of piperazine rings is 1. The van der Waals surface area contributed by atoms with Crippen molar-refractivity contribution in [3.05, 3.63) is 23.7 Å². The Kier molecular flexibility index (Phi) is 11.5. The number of ether oxygens (including phenoxy) is 1. The summed E-state index contributed by atoms with van der Waals surface area (Å²) in [5, 5.41) is 6.14. The number of nitrogens with one attached hydrogen (secondary N) is 2. The van der Waals surface area contributed by atoms with Crippen molar-refractivity contribution in [1.82, 2.24) is 20.4 Å². The van der Waals surface area contributed by atoms with Crippen LogP contribution in [0.3, 0.4) is 0 Å². The van der Waals surface area contributed by atoms with Crippen molar-refractivity contribution < 1.29 is 18.7 Å². The van der Waals surface area contributed by atoms with E-state index in [4.69, 9.17) is 9.15 Å². The van der Waals surface area contributed by atoms with E-state index in [1.807, 2.05) is 20.8 Å². The molecule has 0 unspecified atom stereocenters. The Morgan fingerprint density at radius 1 is 1.17 bits per heavy atom. The normalized spacial score (nSPS) is 14.2. The zero-order chi connectivity index (χ0) is 20.4. The first-order chi connectivity index (χ1) is 13.6. The van der Waals surface area contributed by atoms with E-state index < -0.39 is 0 Å². The average Bonchev–Trinajstić information content (AvgIpc) is 3.13. The highest BCUT2D eigenvalue weighted by Crippen LogP contribution is 2.08. The lowest BCUT2D eigenvalue weighted by atomic mass is 10.2. The number of carbonyl (C=O) groups excluding carboxylic acids is 2. The molecule has 0 saturated carbocycles. The third kappa shape index (κ3) is 7.75. The number of halogens is 1. The van der Waals surface area contributed by atoms with Gasteiger partial charge in [0.25, 0.3) is 5.91 Å². The maximum Gasteiger partial charge on any atom is 0.409 e. The largest absolute Gasteiger partial charge is 0.459 e. The van der Waals surface area contributed by atoms with Crippen molar-refractivity contribution in [2.45, 2.75) is 27.2 Å². The predicted molar refractivity (Wildman–Crippen MR) is 122 cm³/mol. The predicted octanol–water partition coefficient (Wildman–Crippen LogP) is 2.07. The third-order valence-corrected chi connectivity index (χ3v) is 4.39. The van der Waals surface area contributed by atoms with E-state index in [9.17, 15) is 9.59 Å². The minimum absolute atomic E-state index is 0. The second kappa shape index (κ2) is 13.3. The minimum Gasteiger partial charge on any atom is -0.459 e. The highest BCUT2D eigenvalue weighted by atomic mass is 127. The first-order valence-corrected chi connectivity index (χ1v) is 9.84. The Morgan fingerprint density at radius 2 is 1.86 bits per heavy atom. The van der Waals surface area contributed by atoms with Gasteiger partial charge in [-0.2, -0.15) is 0 Å². The molecule has 1 aliphatic rings. The van der Waals surface area contributed by atoms with Gasteiger partial charge in [0.2, 0.25) is 0 Å². The van der Waals surface area contributed by atoms with E-state index in [0.717, 1.165) is 24.5 Å². The van der Waals surface area contributed by atoms with Gasteiger partial charge in [-0.05, 0) is 33.3 Å². The number of furan rings is 1. The maximum absolute atomic E-state index is 12.0. The standard InChI is InChI=1S/C19H31N5O4.HI/c1-4-20-18(23-10-12-24(13-11-23)19(26)27-5-2)22-9-6-8-21-17(25)16-15(3)7-14-28-16;/h7,14H,4-6,8-13H2,1-3H3,(H,20,22)(H,21,25);1H. The molecule has 2 rings (SSSR count). The van der Waals surface area contributed by atoms with Gasteiger partial charge in [-0.3, -0.25) is 9.79 Å². The lowest BCUT2D eigenvalue weighted by molar-refractivity contribution is 0.0910. The fourth-order valence-electron chi connectivity index (χ4n) is 2.89. The van der Waals surface area contributed by atoms with E-state index in [1.54, 1.807) is 11.0 Å². The molecule has 0 atom stereocenters. The van der Waals surface area contributed by atoms with Crippen LogP contribution >= 0.6 is 24.0 Å². The molecule has 164 valence electrons. The van der Waals surface area contributed by atoms with E-state index in [2.05, 4.69) is 20.5 Å². The van der Waals surface area contributed by atoms with Crippen LogP contribution in [0.4, 0.5) is 4.79 Å². The van der Waals surface area contributed by atoms with Gasteiger partial charge in [-0.15, -0.1) is 24.0 Å². The third-order valence-electron chi connectivity index (χ3n) is 4.39. The number of aryl methyl sites for hydroxylation is 1. The van der Waals surface area contributed by atoms with Crippen LogP contribution in [0.5, 0.6) is 0 Å². The Hall–Kier alpha value is -1.98. The van der Waals surface area contributed by atoms with Gasteiger partial charge in [0.15, 0.2) is 11.7 Å². The van der Waals surface area contributed by atoms with Gasteiger partial charge in [0.05, 0.1) is 12.9 Å². The molecule has 0 spiro atoms. The summed E-state index contributed by atoms with van der Waals surface area (Å²) >= 11 is 0. The second-order valence-electron chi connectivity index (χ2n) is 6.45. The van der Waals surface area contributed by atoms with E-state index in [-0.39, 0.29) is 36.0 Å². The molecule has 0 aliphatic carbocycles. The molecule has 9 nitrogen and oxygen atoms in total. The van der Waals surface area contributed by atoms with Crippen LogP contribution in [0.2, 0.25) is 0 Å². The molecule has 1 aromatic heterocycles. The lowest BCUT2D eigenvalue weighted by Gasteiger charge is -2.35. The van der Waals surface area contributed by atoms with Crippen LogP contribution in [0.25, 0.3) is 0 Å². The van der Waals surface area contributed by atoms with Gasteiger partial charge in [-0.1, -0.05) is 0 Å². The highest BCUT2D eigenvalue weighted by Gasteiger charge is 2.23. The monoisotopic (exact) mass is 521 g/mol. The van der Waals surface area contributed by atoms with Crippen molar-refractivity contribution in [3.63, 3.8) is 0 Å². The number of rotatable bonds is 7. The first kappa shape index (κ1) is 25.1. The Balaban J connectivity index is 0.00000420. The molecule has 2 heterocycles. The quantitative estimate of drug-likeness (QED) is 0.247. The summed E-state index contributed by atoms with van der Waals surface area (Å²) in [7, 11) is 0. The second-order valence-corrected chi connectivity index (χ2v) is 6.45. The minimum atomic E-state index is -0.258. The van der Waals surface area contributed by atoms with Gasteiger partial charge in [0, 0.05) is 51.4 Å². The molecule has 0 radical (unpaired) electrons. The number of guanidine groups is 1. The fourth-order valence-corrected chi connectivity index (χ4v) is 2.89. The van der Waals surface area contributed by atoms with Gasteiger partial charge in [-0.25, -0.2) is 4.79 Å². The summed E-state index contributed by atoms with van der Waals surface area (Å²) in [6.45, 7) is 10.6. The lowest BCUT2D eigenvalue weighted by Crippen LogP contribution is -2.54. The van der Waals surface area contributed by atoms with Crippen LogP contribution in [0.15, 0.2) is 21.7 Å². The highest BCUT2D eigenvalue weighted by molar-refractivity contribution is 14.0. The van der Waals surface area contributed by atoms with Crippen LogP contribution < -0.4 is 10.6 Å². The number of hydrogen-bond acceptors (Lipinski definition) is 5. The number of carbonyl (C=O) groups is 2. The molecular formula is C19H32IN5O4. The molecule has 1 fully saturated rings. The van der Waals surface area contributed by atoms with Crippen molar-refractivity contribution in [2.24, 2.45) is 4.99 Å². The zero-order valence-corrected chi connectivity index (χ0v) is 19.7. The van der Waals surface area contributed by atoms with E-state index in [0.29, 0.717) is 51.6 Å². The van der Waals surface area contributed by atoms with Gasteiger partial charge in [0.1, 0.15) is 0 Å². The van der Waals surface area contributed by atoms with Crippen LogP contribution in [0, 0.1) is 6.92 Å². The van der Waals surface area contributed by atoms with Crippen LogP contribution in [0.1, 0.15) is 36.4 Å². The molecule has 0 aromatic carbocycles. The van der Waals surface area contributed by atoms with Crippen LogP contribution in [-0.4, -0.2) is 80.2 Å². The van der Waals surface area contributed by atoms with Gasteiger partial charge >= 0.3 is 6.09 Å². The van der Waals surface area contributed by atoms with Crippen molar-refractivity contribution in [1.29, 1.82) is 0 Å². The fraction of sp³-hybridized carbons (Fsp3) is 0.632. The Labute approximate surface area is 189 Å². The SMILES string of the molecule is CCNC(=NCCCNC(=O)c1occc1C)N1CCN(C(=O)OCC)CC1.I. The van der Waals surface area contributed by atoms with E-state index >= 15 is 0 Å². The molecule has 1 saturated heterocycles. The summed E-state index contributed by atoms with van der Waals surface area (Å²) in [6, 6.07) is 1.77. The van der Waals surface area contributed by atoms with Crippen LogP contribution in [-0.2, 0) is 4.74 Å². The number of nitrogens with zero attached hydrogens (tertiary/aromatic N) is 3. The Bertz CT molecular complexity index is 671. The first-order valence-electron chi connectivity index (χ1n) is 9.84. The maximum atomic E-state index is 12.0. The summed E-state index contributed by atoms with van der Waals surface area (Å²) in [4.78, 5) is 32.3. The molecule has 10 heteroatoms. The average molecular weight is 521 g/mol. The van der Waals surface area contributed by atoms with Crippen molar-refractivity contribution in [2.75, 3.05) is 52.4 Å². The molecule has 2 amide bonds. The topological polar surface area (TPSA) is 99.4 Å².